The molecule has 0 fully saturated rings. The molecule has 1 aromatic heterocycles. The second kappa shape index (κ2) is 3.65. The summed E-state index contributed by atoms with van der Waals surface area (Å²) in [6.45, 7) is 1.46. The number of hydrogen-bond acceptors (Lipinski definition) is 4. The van der Waals surface area contributed by atoms with Gasteiger partial charge in [-0.1, -0.05) is 18.2 Å². The molecular weight excluding hydrogens is 232 g/mol. The minimum Gasteiger partial charge on any atom is -0.460 e. The van der Waals surface area contributed by atoms with Gasteiger partial charge in [-0.15, -0.1) is 0 Å². The molecule has 3 rings (SSSR count). The first-order chi connectivity index (χ1) is 8.65. The molecule has 18 heavy (non-hydrogen) atoms. The van der Waals surface area contributed by atoms with E-state index in [-0.39, 0.29) is 29.5 Å². The number of furan rings is 1. The van der Waals surface area contributed by atoms with Crippen LogP contribution in [-0.4, -0.2) is 16.7 Å². The van der Waals surface area contributed by atoms with Gasteiger partial charge >= 0.3 is 0 Å². The quantitative estimate of drug-likeness (QED) is 0.707. The fraction of sp³-hybridized carbons (Fsp3) is 0.143. The number of aliphatic hydroxyl groups excluding tert-OH is 1. The first-order valence-corrected chi connectivity index (χ1v) is 5.55. The third kappa shape index (κ3) is 1.23. The summed E-state index contributed by atoms with van der Waals surface area (Å²) in [5.74, 6) is -0.524. The highest BCUT2D eigenvalue weighted by atomic mass is 16.3. The molecule has 0 saturated carbocycles. The highest BCUT2D eigenvalue weighted by molar-refractivity contribution is 6.28. The van der Waals surface area contributed by atoms with E-state index in [4.69, 9.17) is 9.52 Å². The van der Waals surface area contributed by atoms with Gasteiger partial charge in [-0.25, -0.2) is 0 Å². The van der Waals surface area contributed by atoms with E-state index in [0.717, 1.165) is 5.56 Å². The van der Waals surface area contributed by atoms with Crippen molar-refractivity contribution in [3.63, 3.8) is 0 Å². The lowest BCUT2D eigenvalue weighted by atomic mass is 9.84. The summed E-state index contributed by atoms with van der Waals surface area (Å²) in [7, 11) is 0. The Bertz CT molecular complexity index is 679. The smallest absolute Gasteiger partial charge is 0.229 e. The van der Waals surface area contributed by atoms with E-state index in [9.17, 15) is 9.59 Å². The largest absolute Gasteiger partial charge is 0.460 e. The monoisotopic (exact) mass is 242 g/mol. The van der Waals surface area contributed by atoms with Crippen LogP contribution in [0.4, 0.5) is 0 Å². The van der Waals surface area contributed by atoms with Gasteiger partial charge in [0.05, 0.1) is 18.4 Å². The van der Waals surface area contributed by atoms with E-state index < -0.39 is 0 Å². The molecule has 1 aliphatic carbocycles. The molecule has 0 aliphatic heterocycles. The maximum Gasteiger partial charge on any atom is 0.229 e. The summed E-state index contributed by atoms with van der Waals surface area (Å²) in [5.41, 5.74) is 2.08. The zero-order valence-corrected chi connectivity index (χ0v) is 9.69. The normalized spacial score (nSPS) is 13.4. The molecule has 0 spiro atoms. The Balaban J connectivity index is 2.34. The van der Waals surface area contributed by atoms with Gasteiger partial charge in [0.2, 0.25) is 5.78 Å². The molecule has 0 bridgehead atoms. The zero-order chi connectivity index (χ0) is 12.9. The first-order valence-electron chi connectivity index (χ1n) is 5.55. The van der Waals surface area contributed by atoms with Crippen LogP contribution < -0.4 is 0 Å². The topological polar surface area (TPSA) is 67.5 Å². The summed E-state index contributed by atoms with van der Waals surface area (Å²) in [6, 6.07) is 5.15. The van der Waals surface area contributed by atoms with E-state index in [1.807, 2.05) is 0 Å². The molecule has 0 unspecified atom stereocenters. The Morgan fingerprint density at radius 1 is 1.17 bits per heavy atom. The maximum atomic E-state index is 12.3. The van der Waals surface area contributed by atoms with Gasteiger partial charge in [0.25, 0.3) is 0 Å². The molecule has 1 N–H and O–H groups in total. The van der Waals surface area contributed by atoms with Gasteiger partial charge in [-0.05, 0) is 12.5 Å². The number of rotatable bonds is 1. The van der Waals surface area contributed by atoms with Crippen molar-refractivity contribution in [1.29, 1.82) is 0 Å². The van der Waals surface area contributed by atoms with Crippen molar-refractivity contribution in [3.05, 3.63) is 58.0 Å². The summed E-state index contributed by atoms with van der Waals surface area (Å²) in [5, 5.41) is 9.17. The molecular formula is C14H10O4. The number of hydrogen-bond donors (Lipinski definition) is 1. The number of ketones is 2. The van der Waals surface area contributed by atoms with Crippen LogP contribution in [0.5, 0.6) is 0 Å². The Morgan fingerprint density at radius 2 is 1.94 bits per heavy atom. The van der Waals surface area contributed by atoms with Crippen molar-refractivity contribution >= 4 is 11.6 Å². The van der Waals surface area contributed by atoms with Gasteiger partial charge < -0.3 is 9.52 Å². The van der Waals surface area contributed by atoms with Crippen molar-refractivity contribution in [2.24, 2.45) is 0 Å². The number of fused-ring (bicyclic) bond motifs is 2. The standard InChI is InChI=1S/C14H10O4/c1-7-3-2-4-9-10(7)13(17)14-11(12(9)16)8(5-15)6-18-14/h2-4,6,15H,5H2,1H3. The average molecular weight is 242 g/mol. The Morgan fingerprint density at radius 3 is 2.67 bits per heavy atom. The lowest BCUT2D eigenvalue weighted by Gasteiger charge is -2.15. The highest BCUT2D eigenvalue weighted by Gasteiger charge is 2.35. The lowest BCUT2D eigenvalue weighted by Crippen LogP contribution is -2.21. The molecule has 1 heterocycles. The van der Waals surface area contributed by atoms with E-state index in [0.29, 0.717) is 16.7 Å². The molecule has 1 aliphatic rings. The van der Waals surface area contributed by atoms with Crippen molar-refractivity contribution in [2.45, 2.75) is 13.5 Å². The molecule has 2 aromatic rings. The SMILES string of the molecule is Cc1cccc2c1C(=O)c1occ(CO)c1C2=O. The molecule has 0 radical (unpaired) electrons. The second-order valence-corrected chi connectivity index (χ2v) is 4.28. The number of benzene rings is 1. The summed E-state index contributed by atoms with van der Waals surface area (Å²) >= 11 is 0. The zero-order valence-electron chi connectivity index (χ0n) is 9.69. The summed E-state index contributed by atoms with van der Waals surface area (Å²) in [4.78, 5) is 24.6. The molecule has 4 heteroatoms. The first kappa shape index (κ1) is 10.9. The van der Waals surface area contributed by atoms with Crippen molar-refractivity contribution < 1.29 is 19.1 Å². The molecule has 0 atom stereocenters. The van der Waals surface area contributed by atoms with Crippen LogP contribution >= 0.6 is 0 Å². The van der Waals surface area contributed by atoms with Crippen LogP contribution in [-0.2, 0) is 6.61 Å². The number of aryl methyl sites for hydroxylation is 1. The van der Waals surface area contributed by atoms with E-state index in [1.54, 1.807) is 25.1 Å². The molecule has 0 saturated heterocycles. The summed E-state index contributed by atoms with van der Waals surface area (Å²) in [6.07, 6.45) is 1.27. The number of carbonyl (C=O) groups excluding carboxylic acids is 2. The van der Waals surface area contributed by atoms with Crippen molar-refractivity contribution in [1.82, 2.24) is 0 Å². The molecule has 90 valence electrons. The predicted molar refractivity (Wildman–Crippen MR) is 62.7 cm³/mol. The number of carbonyl (C=O) groups is 2. The van der Waals surface area contributed by atoms with Gasteiger partial charge in [0, 0.05) is 16.7 Å². The van der Waals surface area contributed by atoms with Crippen LogP contribution in [0.15, 0.2) is 28.9 Å². The third-order valence-electron chi connectivity index (χ3n) is 3.22. The van der Waals surface area contributed by atoms with Crippen LogP contribution in [0.2, 0.25) is 0 Å². The highest BCUT2D eigenvalue weighted by Crippen LogP contribution is 2.32. The number of aliphatic hydroxyl groups is 1. The molecule has 0 amide bonds. The van der Waals surface area contributed by atoms with E-state index in [1.165, 1.54) is 6.26 Å². The minimum atomic E-state index is -0.320. The van der Waals surface area contributed by atoms with Crippen molar-refractivity contribution in [2.75, 3.05) is 0 Å². The van der Waals surface area contributed by atoms with E-state index in [2.05, 4.69) is 0 Å². The fourth-order valence-electron chi connectivity index (χ4n) is 2.33. The van der Waals surface area contributed by atoms with Crippen LogP contribution in [0.1, 0.15) is 43.2 Å². The Kier molecular flexibility index (Phi) is 2.21. The molecule has 4 nitrogen and oxygen atoms in total. The van der Waals surface area contributed by atoms with Gasteiger partial charge in [-0.2, -0.15) is 0 Å². The van der Waals surface area contributed by atoms with Crippen LogP contribution in [0.3, 0.4) is 0 Å². The Labute approximate surface area is 103 Å². The lowest BCUT2D eigenvalue weighted by molar-refractivity contribution is 0.0959. The van der Waals surface area contributed by atoms with Crippen LogP contribution in [0, 0.1) is 6.92 Å². The summed E-state index contributed by atoms with van der Waals surface area (Å²) < 4.78 is 5.14. The maximum absolute atomic E-state index is 12.3. The average Bonchev–Trinajstić information content (AvgIpc) is 2.80. The third-order valence-corrected chi connectivity index (χ3v) is 3.22. The van der Waals surface area contributed by atoms with Gasteiger partial charge in [-0.3, -0.25) is 9.59 Å². The van der Waals surface area contributed by atoms with Crippen molar-refractivity contribution in [3.8, 4) is 0 Å². The Hall–Kier alpha value is -2.20. The predicted octanol–water partition coefficient (Wildman–Crippen LogP) is 1.86. The van der Waals surface area contributed by atoms with Gasteiger partial charge in [0.15, 0.2) is 11.5 Å². The van der Waals surface area contributed by atoms with Crippen LogP contribution in [0.25, 0.3) is 0 Å². The minimum absolute atomic E-state index is 0.0332. The molecule has 1 aromatic carbocycles. The van der Waals surface area contributed by atoms with E-state index >= 15 is 0 Å². The second-order valence-electron chi connectivity index (χ2n) is 4.28. The van der Waals surface area contributed by atoms with Gasteiger partial charge in [0.1, 0.15) is 0 Å². The fourth-order valence-corrected chi connectivity index (χ4v) is 2.33.